The zero-order valence-electron chi connectivity index (χ0n) is 11.2. The molecule has 0 spiro atoms. The first-order valence-electron chi connectivity index (χ1n) is 6.03. The smallest absolute Gasteiger partial charge is 0.213 e. The molecule has 1 aromatic carbocycles. The van der Waals surface area contributed by atoms with Crippen LogP contribution in [0, 0.1) is 0 Å². The van der Waals surface area contributed by atoms with E-state index in [-0.39, 0.29) is 31.1 Å². The van der Waals surface area contributed by atoms with E-state index >= 15 is 0 Å². The fourth-order valence-electron chi connectivity index (χ4n) is 2.06. The van der Waals surface area contributed by atoms with Gasteiger partial charge in [0.1, 0.15) is 0 Å². The summed E-state index contributed by atoms with van der Waals surface area (Å²) in [4.78, 5) is 0.171. The van der Waals surface area contributed by atoms with Crippen molar-refractivity contribution in [1.82, 2.24) is 8.61 Å². The van der Waals surface area contributed by atoms with Crippen LogP contribution in [0.3, 0.4) is 0 Å². The molecule has 0 N–H and O–H groups in total. The number of sulfonamides is 2. The number of piperazine rings is 1. The minimum Gasteiger partial charge on any atom is -0.213 e. The Morgan fingerprint density at radius 3 is 2.00 bits per heavy atom. The summed E-state index contributed by atoms with van der Waals surface area (Å²) in [6.45, 7) is 0.635. The summed E-state index contributed by atoms with van der Waals surface area (Å²) < 4.78 is 51.9. The zero-order chi connectivity index (χ0) is 15.8. The molecule has 0 atom stereocenters. The van der Waals surface area contributed by atoms with E-state index in [1.807, 2.05) is 0 Å². The lowest BCUT2D eigenvalue weighted by molar-refractivity contribution is 0.274. The Balaban J connectivity index is 2.25. The second kappa shape index (κ2) is 6.25. The number of halogens is 2. The second-order valence-corrected chi connectivity index (χ2v) is 10.3. The summed E-state index contributed by atoms with van der Waals surface area (Å²) in [6.07, 6.45) is 1.13. The molecule has 118 valence electrons. The van der Waals surface area contributed by atoms with Crippen LogP contribution in [0.25, 0.3) is 0 Å². The largest absolute Gasteiger partial charge is 0.244 e. The normalized spacial score (nSPS) is 18.8. The molecule has 0 amide bonds. The van der Waals surface area contributed by atoms with Crippen molar-refractivity contribution < 1.29 is 16.8 Å². The maximum absolute atomic E-state index is 12.6. The topological polar surface area (TPSA) is 74.8 Å². The van der Waals surface area contributed by atoms with Gasteiger partial charge in [-0.1, -0.05) is 15.9 Å². The van der Waals surface area contributed by atoms with Gasteiger partial charge in [-0.25, -0.2) is 16.8 Å². The molecule has 0 aromatic heterocycles. The third-order valence-corrected chi connectivity index (χ3v) is 7.87. The highest BCUT2D eigenvalue weighted by molar-refractivity contribution is 9.11. The average molecular weight is 462 g/mol. The van der Waals surface area contributed by atoms with Crippen LogP contribution in [0.15, 0.2) is 32.0 Å². The molecule has 0 aliphatic carbocycles. The van der Waals surface area contributed by atoms with E-state index in [4.69, 9.17) is 0 Å². The molecular weight excluding hydrogens is 448 g/mol. The predicted molar refractivity (Wildman–Crippen MR) is 87.0 cm³/mol. The molecule has 0 saturated carbocycles. The maximum Gasteiger partial charge on any atom is 0.244 e. The summed E-state index contributed by atoms with van der Waals surface area (Å²) in [5.74, 6) is 0. The Kier molecular flexibility index (Phi) is 5.16. The van der Waals surface area contributed by atoms with Gasteiger partial charge >= 0.3 is 0 Å². The molecule has 21 heavy (non-hydrogen) atoms. The minimum absolute atomic E-state index is 0.147. The number of hydrogen-bond donors (Lipinski definition) is 0. The molecule has 1 fully saturated rings. The summed E-state index contributed by atoms with van der Waals surface area (Å²) >= 11 is 6.50. The van der Waals surface area contributed by atoms with E-state index < -0.39 is 20.0 Å². The molecule has 6 nitrogen and oxygen atoms in total. The van der Waals surface area contributed by atoms with E-state index in [1.54, 1.807) is 12.1 Å². The highest BCUT2D eigenvalue weighted by Crippen LogP contribution is 2.28. The van der Waals surface area contributed by atoms with Crippen molar-refractivity contribution in [1.29, 1.82) is 0 Å². The Morgan fingerprint density at radius 1 is 0.952 bits per heavy atom. The monoisotopic (exact) mass is 460 g/mol. The van der Waals surface area contributed by atoms with E-state index in [0.29, 0.717) is 8.95 Å². The molecule has 10 heteroatoms. The lowest BCUT2D eigenvalue weighted by atomic mass is 10.4. The predicted octanol–water partition coefficient (Wildman–Crippen LogP) is 1.48. The van der Waals surface area contributed by atoms with Crippen LogP contribution in [-0.2, 0) is 20.0 Å². The summed E-state index contributed by atoms with van der Waals surface area (Å²) in [5, 5.41) is 0. The number of benzene rings is 1. The van der Waals surface area contributed by atoms with Crippen molar-refractivity contribution in [2.45, 2.75) is 4.90 Å². The molecular formula is C11H14Br2N2O4S2. The number of hydrogen-bond acceptors (Lipinski definition) is 4. The van der Waals surface area contributed by atoms with Crippen LogP contribution < -0.4 is 0 Å². The maximum atomic E-state index is 12.6. The highest BCUT2D eigenvalue weighted by atomic mass is 79.9. The van der Waals surface area contributed by atoms with Crippen LogP contribution in [0.2, 0.25) is 0 Å². The van der Waals surface area contributed by atoms with Gasteiger partial charge in [-0.2, -0.15) is 8.61 Å². The number of rotatable bonds is 3. The van der Waals surface area contributed by atoms with Crippen molar-refractivity contribution in [2.75, 3.05) is 32.4 Å². The van der Waals surface area contributed by atoms with E-state index in [9.17, 15) is 16.8 Å². The van der Waals surface area contributed by atoms with Crippen LogP contribution in [0.5, 0.6) is 0 Å². The van der Waals surface area contributed by atoms with Crippen LogP contribution in [0.4, 0.5) is 0 Å². The van der Waals surface area contributed by atoms with Crippen molar-refractivity contribution >= 4 is 51.9 Å². The van der Waals surface area contributed by atoms with Crippen molar-refractivity contribution in [2.24, 2.45) is 0 Å². The fourth-order valence-corrected chi connectivity index (χ4v) is 5.77. The Hall–Kier alpha value is -0.000000000000000111. The van der Waals surface area contributed by atoms with Gasteiger partial charge in [-0.15, -0.1) is 0 Å². The highest BCUT2D eigenvalue weighted by Gasteiger charge is 2.32. The average Bonchev–Trinajstić information content (AvgIpc) is 2.40. The lowest BCUT2D eigenvalue weighted by Gasteiger charge is -2.32. The Labute approximate surface area is 141 Å². The Morgan fingerprint density at radius 2 is 1.48 bits per heavy atom. The summed E-state index contributed by atoms with van der Waals surface area (Å²) in [6, 6.07) is 4.93. The molecule has 0 unspecified atom stereocenters. The quantitative estimate of drug-likeness (QED) is 0.683. The first-order chi connectivity index (χ1) is 9.62. The minimum atomic E-state index is -3.65. The van der Waals surface area contributed by atoms with Gasteiger partial charge in [0.05, 0.1) is 11.2 Å². The van der Waals surface area contributed by atoms with Crippen LogP contribution in [-0.4, -0.2) is 57.9 Å². The molecule has 0 bridgehead atoms. The van der Waals surface area contributed by atoms with Crippen LogP contribution in [0.1, 0.15) is 0 Å². The number of nitrogens with zero attached hydrogens (tertiary/aromatic N) is 2. The van der Waals surface area contributed by atoms with Crippen molar-refractivity contribution in [3.63, 3.8) is 0 Å². The molecule has 2 rings (SSSR count). The second-order valence-electron chi connectivity index (χ2n) is 4.64. The van der Waals surface area contributed by atoms with Gasteiger partial charge in [0.2, 0.25) is 20.0 Å². The standard InChI is InChI=1S/C11H14Br2N2O4S2/c1-20(16,17)14-4-6-15(7-5-14)21(18,19)11-8-9(12)2-3-10(11)13/h2-3,8H,4-7H2,1H3. The first kappa shape index (κ1) is 17.4. The summed E-state index contributed by atoms with van der Waals surface area (Å²) in [7, 11) is -6.93. The fraction of sp³-hybridized carbons (Fsp3) is 0.455. The van der Waals surface area contributed by atoms with Gasteiger partial charge in [-0.05, 0) is 34.1 Å². The van der Waals surface area contributed by atoms with Gasteiger partial charge < -0.3 is 0 Å². The van der Waals surface area contributed by atoms with Gasteiger partial charge in [0.15, 0.2) is 0 Å². The molecule has 1 aromatic rings. The van der Waals surface area contributed by atoms with E-state index in [0.717, 1.165) is 6.26 Å². The third kappa shape index (κ3) is 3.85. The van der Waals surface area contributed by atoms with E-state index in [1.165, 1.54) is 14.7 Å². The SMILES string of the molecule is CS(=O)(=O)N1CCN(S(=O)(=O)c2cc(Br)ccc2Br)CC1. The molecule has 1 aliphatic heterocycles. The third-order valence-electron chi connectivity index (χ3n) is 3.18. The van der Waals surface area contributed by atoms with Gasteiger partial charge in [-0.3, -0.25) is 0 Å². The first-order valence-corrected chi connectivity index (χ1v) is 10.9. The van der Waals surface area contributed by atoms with Crippen molar-refractivity contribution in [3.05, 3.63) is 27.1 Å². The molecule has 1 saturated heterocycles. The van der Waals surface area contributed by atoms with Crippen LogP contribution >= 0.6 is 31.9 Å². The molecule has 1 aliphatic rings. The Bertz CT molecular complexity index is 741. The van der Waals surface area contributed by atoms with Crippen molar-refractivity contribution in [3.8, 4) is 0 Å². The molecule has 0 radical (unpaired) electrons. The molecule has 1 heterocycles. The van der Waals surface area contributed by atoms with E-state index in [2.05, 4.69) is 31.9 Å². The lowest BCUT2D eigenvalue weighted by Crippen LogP contribution is -2.50. The summed E-state index contributed by atoms with van der Waals surface area (Å²) in [5.41, 5.74) is 0. The zero-order valence-corrected chi connectivity index (χ0v) is 16.0. The van der Waals surface area contributed by atoms with Gasteiger partial charge in [0, 0.05) is 35.1 Å². The van der Waals surface area contributed by atoms with Gasteiger partial charge in [0.25, 0.3) is 0 Å².